The lowest BCUT2D eigenvalue weighted by Gasteiger charge is -2.23. The molecule has 88 valence electrons. The Morgan fingerprint density at radius 3 is 2.88 bits per heavy atom. The summed E-state index contributed by atoms with van der Waals surface area (Å²) >= 11 is 0. The van der Waals surface area contributed by atoms with Crippen LogP contribution in [-0.2, 0) is 6.42 Å². The van der Waals surface area contributed by atoms with Gasteiger partial charge in [-0.1, -0.05) is 6.92 Å². The number of hydrogen-bond acceptors (Lipinski definition) is 3. The Hall–Kier alpha value is -1.29. The molecule has 0 aliphatic carbocycles. The van der Waals surface area contributed by atoms with E-state index >= 15 is 0 Å². The van der Waals surface area contributed by atoms with Crippen LogP contribution in [-0.4, -0.2) is 25.0 Å². The van der Waals surface area contributed by atoms with Gasteiger partial charge in [-0.15, -0.1) is 0 Å². The van der Waals surface area contributed by atoms with Gasteiger partial charge in [0.05, 0.1) is 0 Å². The molecule has 4 heteroatoms. The molecular weight excluding hydrogens is 204 g/mol. The normalized spacial score (nSPS) is 17.3. The van der Waals surface area contributed by atoms with Crippen LogP contribution in [0.2, 0.25) is 0 Å². The third-order valence-electron chi connectivity index (χ3n) is 2.91. The van der Waals surface area contributed by atoms with Crippen LogP contribution >= 0.6 is 0 Å². The van der Waals surface area contributed by atoms with Gasteiger partial charge in [0.25, 0.3) is 5.91 Å². The average Bonchev–Trinajstić information content (AvgIpc) is 2.79. The van der Waals surface area contributed by atoms with Crippen LogP contribution in [0.1, 0.15) is 36.1 Å². The molecule has 2 rings (SSSR count). The number of furan rings is 1. The number of nitrogens with one attached hydrogen (secondary N) is 2. The fraction of sp³-hybridized carbons (Fsp3) is 0.583. The van der Waals surface area contributed by atoms with Crippen LogP contribution in [0, 0.1) is 0 Å². The minimum Gasteiger partial charge on any atom is -0.456 e. The molecule has 0 bridgehead atoms. The molecule has 1 fully saturated rings. The van der Waals surface area contributed by atoms with E-state index < -0.39 is 0 Å². The molecule has 16 heavy (non-hydrogen) atoms. The van der Waals surface area contributed by atoms with Crippen LogP contribution in [0.25, 0.3) is 0 Å². The maximum Gasteiger partial charge on any atom is 0.287 e. The fourth-order valence-electron chi connectivity index (χ4n) is 1.91. The second-order valence-corrected chi connectivity index (χ2v) is 4.12. The van der Waals surface area contributed by atoms with Crippen LogP contribution in [0.3, 0.4) is 0 Å². The number of rotatable bonds is 3. The van der Waals surface area contributed by atoms with Gasteiger partial charge >= 0.3 is 0 Å². The third kappa shape index (κ3) is 2.64. The Bertz CT molecular complexity index is 354. The zero-order valence-corrected chi connectivity index (χ0v) is 9.58. The van der Waals surface area contributed by atoms with Crippen LogP contribution < -0.4 is 10.6 Å². The summed E-state index contributed by atoms with van der Waals surface area (Å²) in [4.78, 5) is 11.8. The van der Waals surface area contributed by atoms with Gasteiger partial charge in [0, 0.05) is 12.5 Å². The molecule has 1 saturated heterocycles. The van der Waals surface area contributed by atoms with Crippen molar-refractivity contribution in [3.63, 3.8) is 0 Å². The topological polar surface area (TPSA) is 54.3 Å². The number of amides is 1. The highest BCUT2D eigenvalue weighted by Gasteiger charge is 2.18. The quantitative estimate of drug-likeness (QED) is 0.811. The van der Waals surface area contributed by atoms with Crippen molar-refractivity contribution >= 4 is 5.91 Å². The standard InChI is InChI=1S/C12H18N2O2/c1-2-10-3-4-11(16-10)12(15)14-9-5-7-13-8-6-9/h3-4,9,13H,2,5-8H2,1H3,(H,14,15). The fourth-order valence-corrected chi connectivity index (χ4v) is 1.91. The molecule has 1 aliphatic rings. The molecule has 0 saturated carbocycles. The third-order valence-corrected chi connectivity index (χ3v) is 2.91. The minimum absolute atomic E-state index is 0.0911. The number of hydrogen-bond donors (Lipinski definition) is 2. The lowest BCUT2D eigenvalue weighted by molar-refractivity contribution is 0.0899. The Labute approximate surface area is 95.4 Å². The molecule has 0 aromatic carbocycles. The molecule has 0 spiro atoms. The number of carbonyl (C=O) groups excluding carboxylic acids is 1. The van der Waals surface area contributed by atoms with Gasteiger partial charge in [-0.25, -0.2) is 0 Å². The lowest BCUT2D eigenvalue weighted by atomic mass is 10.1. The van der Waals surface area contributed by atoms with E-state index in [4.69, 9.17) is 4.42 Å². The molecule has 1 amide bonds. The first kappa shape index (κ1) is 11.2. The summed E-state index contributed by atoms with van der Waals surface area (Å²) < 4.78 is 5.41. The molecule has 1 aliphatic heterocycles. The van der Waals surface area contributed by atoms with E-state index in [1.165, 1.54) is 0 Å². The van der Waals surface area contributed by atoms with Gasteiger partial charge in [0.1, 0.15) is 5.76 Å². The Morgan fingerprint density at radius 2 is 2.25 bits per heavy atom. The van der Waals surface area contributed by atoms with Crippen LogP contribution in [0.5, 0.6) is 0 Å². The van der Waals surface area contributed by atoms with Gasteiger partial charge in [-0.05, 0) is 38.1 Å². The molecule has 2 heterocycles. The SMILES string of the molecule is CCc1ccc(C(=O)NC2CCNCC2)o1. The largest absolute Gasteiger partial charge is 0.456 e. The first-order valence-electron chi connectivity index (χ1n) is 5.90. The van der Waals surface area contributed by atoms with Crippen molar-refractivity contribution in [3.05, 3.63) is 23.7 Å². The van der Waals surface area contributed by atoms with Gasteiger partial charge < -0.3 is 15.1 Å². The molecule has 0 unspecified atom stereocenters. The number of carbonyl (C=O) groups is 1. The lowest BCUT2D eigenvalue weighted by Crippen LogP contribution is -2.42. The highest BCUT2D eigenvalue weighted by Crippen LogP contribution is 2.10. The molecule has 2 N–H and O–H groups in total. The first-order valence-corrected chi connectivity index (χ1v) is 5.90. The second kappa shape index (κ2) is 5.16. The summed E-state index contributed by atoms with van der Waals surface area (Å²) in [5.41, 5.74) is 0. The van der Waals surface area contributed by atoms with E-state index in [9.17, 15) is 4.79 Å². The van der Waals surface area contributed by atoms with Gasteiger partial charge in [0.2, 0.25) is 0 Å². The maximum atomic E-state index is 11.8. The van der Waals surface area contributed by atoms with Crippen LogP contribution in [0.15, 0.2) is 16.5 Å². The van der Waals surface area contributed by atoms with E-state index in [2.05, 4.69) is 10.6 Å². The summed E-state index contributed by atoms with van der Waals surface area (Å²) in [7, 11) is 0. The summed E-state index contributed by atoms with van der Waals surface area (Å²) in [6.45, 7) is 3.96. The predicted octanol–water partition coefficient (Wildman–Crippen LogP) is 1.32. The molecule has 0 atom stereocenters. The zero-order chi connectivity index (χ0) is 11.4. The molecule has 1 aromatic heterocycles. The first-order chi connectivity index (χ1) is 7.79. The van der Waals surface area contributed by atoms with E-state index in [0.717, 1.165) is 38.1 Å². The maximum absolute atomic E-state index is 11.8. The van der Waals surface area contributed by atoms with E-state index in [1.54, 1.807) is 6.07 Å². The molecule has 0 radical (unpaired) electrons. The van der Waals surface area contributed by atoms with Crippen molar-refractivity contribution in [2.75, 3.05) is 13.1 Å². The number of aryl methyl sites for hydroxylation is 1. The molecular formula is C12H18N2O2. The molecule has 4 nitrogen and oxygen atoms in total. The monoisotopic (exact) mass is 222 g/mol. The van der Waals surface area contributed by atoms with Crippen molar-refractivity contribution in [1.29, 1.82) is 0 Å². The van der Waals surface area contributed by atoms with Crippen molar-refractivity contribution < 1.29 is 9.21 Å². The predicted molar refractivity (Wildman–Crippen MR) is 61.4 cm³/mol. The smallest absolute Gasteiger partial charge is 0.287 e. The zero-order valence-electron chi connectivity index (χ0n) is 9.58. The van der Waals surface area contributed by atoms with Gasteiger partial charge in [0.15, 0.2) is 5.76 Å². The average molecular weight is 222 g/mol. The highest BCUT2D eigenvalue weighted by atomic mass is 16.3. The summed E-state index contributed by atoms with van der Waals surface area (Å²) in [5.74, 6) is 1.19. The highest BCUT2D eigenvalue weighted by molar-refractivity contribution is 5.91. The Balaban J connectivity index is 1.91. The summed E-state index contributed by atoms with van der Waals surface area (Å²) in [6.07, 6.45) is 2.81. The summed E-state index contributed by atoms with van der Waals surface area (Å²) in [5, 5.41) is 6.27. The Morgan fingerprint density at radius 1 is 1.50 bits per heavy atom. The van der Waals surface area contributed by atoms with E-state index in [0.29, 0.717) is 5.76 Å². The number of piperidine rings is 1. The molecule has 1 aromatic rings. The van der Waals surface area contributed by atoms with E-state index in [1.807, 2.05) is 13.0 Å². The van der Waals surface area contributed by atoms with Crippen LogP contribution in [0.4, 0.5) is 0 Å². The van der Waals surface area contributed by atoms with Crippen molar-refractivity contribution in [2.24, 2.45) is 0 Å². The summed E-state index contributed by atoms with van der Waals surface area (Å²) in [6, 6.07) is 3.89. The van der Waals surface area contributed by atoms with Crippen molar-refractivity contribution in [3.8, 4) is 0 Å². The van der Waals surface area contributed by atoms with Crippen molar-refractivity contribution in [1.82, 2.24) is 10.6 Å². The van der Waals surface area contributed by atoms with Gasteiger partial charge in [-0.3, -0.25) is 4.79 Å². The Kier molecular flexibility index (Phi) is 3.62. The second-order valence-electron chi connectivity index (χ2n) is 4.12. The van der Waals surface area contributed by atoms with Gasteiger partial charge in [-0.2, -0.15) is 0 Å². The van der Waals surface area contributed by atoms with Crippen molar-refractivity contribution in [2.45, 2.75) is 32.2 Å². The minimum atomic E-state index is -0.0911. The van der Waals surface area contributed by atoms with E-state index in [-0.39, 0.29) is 11.9 Å².